The van der Waals surface area contributed by atoms with Gasteiger partial charge in [-0.15, -0.1) is 0 Å². The molecule has 2 aromatic rings. The second-order valence-electron chi connectivity index (χ2n) is 7.62. The summed E-state index contributed by atoms with van der Waals surface area (Å²) in [4.78, 5) is 30.5. The minimum absolute atomic E-state index is 0.00450. The number of halogens is 1. The van der Waals surface area contributed by atoms with Crippen LogP contribution in [0.2, 0.25) is 5.02 Å². The number of thioether (sulfide) groups is 1. The van der Waals surface area contributed by atoms with Gasteiger partial charge in [-0.1, -0.05) is 72.0 Å². The first-order valence-electron chi connectivity index (χ1n) is 10.1. The molecular weight excluding hydrogens is 452 g/mol. The van der Waals surface area contributed by atoms with Gasteiger partial charge in [-0.2, -0.15) is 0 Å². The molecule has 0 saturated carbocycles. The van der Waals surface area contributed by atoms with E-state index in [1.54, 1.807) is 15.9 Å². The lowest BCUT2D eigenvalue weighted by Gasteiger charge is -2.19. The van der Waals surface area contributed by atoms with E-state index in [0.29, 0.717) is 39.5 Å². The first-order valence-corrected chi connectivity index (χ1v) is 11.7. The zero-order chi connectivity index (χ0) is 21.5. The fourth-order valence-corrected chi connectivity index (χ4v) is 5.69. The Hall–Kier alpha value is -2.19. The van der Waals surface area contributed by atoms with E-state index in [9.17, 15) is 9.59 Å². The maximum absolute atomic E-state index is 13.5. The molecule has 2 fully saturated rings. The van der Waals surface area contributed by atoms with E-state index in [0.717, 1.165) is 29.7 Å². The Labute approximate surface area is 195 Å². The number of thiocarbonyl (C=S) groups is 1. The van der Waals surface area contributed by atoms with Crippen LogP contribution in [0.4, 0.5) is 5.69 Å². The number of fused-ring (bicyclic) bond motifs is 1. The van der Waals surface area contributed by atoms with Crippen LogP contribution in [0.5, 0.6) is 0 Å². The number of amides is 2. The second-order valence-corrected chi connectivity index (χ2v) is 9.67. The van der Waals surface area contributed by atoms with E-state index < -0.39 is 0 Å². The number of benzene rings is 2. The highest BCUT2D eigenvalue weighted by molar-refractivity contribution is 8.26. The molecule has 0 bridgehead atoms. The lowest BCUT2D eigenvalue weighted by atomic mass is 10.1. The number of hydrogen-bond acceptors (Lipinski definition) is 5. The maximum Gasteiger partial charge on any atom is 0.267 e. The molecule has 0 spiro atoms. The molecule has 0 N–H and O–H groups in total. The number of hydrogen-bond donors (Lipinski definition) is 0. The van der Waals surface area contributed by atoms with Crippen molar-refractivity contribution in [1.29, 1.82) is 0 Å². The molecule has 5 rings (SSSR count). The molecule has 2 aromatic carbocycles. The van der Waals surface area contributed by atoms with Gasteiger partial charge in [-0.3, -0.25) is 14.5 Å². The first-order chi connectivity index (χ1) is 15.0. The van der Waals surface area contributed by atoms with Crippen molar-refractivity contribution >= 4 is 63.0 Å². The van der Waals surface area contributed by atoms with Crippen molar-refractivity contribution in [3.63, 3.8) is 0 Å². The van der Waals surface area contributed by atoms with Crippen molar-refractivity contribution in [1.82, 2.24) is 4.90 Å². The van der Waals surface area contributed by atoms with Gasteiger partial charge in [0.25, 0.3) is 11.8 Å². The summed E-state index contributed by atoms with van der Waals surface area (Å²) in [5.41, 5.74) is 2.78. The number of rotatable bonds is 4. The number of nitrogens with zero attached hydrogens (tertiary/aromatic N) is 2. The predicted molar refractivity (Wildman–Crippen MR) is 127 cm³/mol. The van der Waals surface area contributed by atoms with Crippen molar-refractivity contribution in [2.45, 2.75) is 25.5 Å². The fourth-order valence-electron chi connectivity index (χ4n) is 4.15. The summed E-state index contributed by atoms with van der Waals surface area (Å²) in [6.45, 7) is 1.47. The van der Waals surface area contributed by atoms with Crippen LogP contribution in [0.3, 0.4) is 0 Å². The summed E-state index contributed by atoms with van der Waals surface area (Å²) in [6.07, 6.45) is 1.90. The van der Waals surface area contributed by atoms with Gasteiger partial charge in [0.15, 0.2) is 0 Å². The third kappa shape index (κ3) is 3.69. The minimum atomic E-state index is -0.219. The number of carbonyl (C=O) groups is 2. The van der Waals surface area contributed by atoms with Gasteiger partial charge in [-0.25, -0.2) is 0 Å². The molecule has 8 heteroatoms. The molecule has 3 aliphatic rings. The Morgan fingerprint density at radius 1 is 1.06 bits per heavy atom. The van der Waals surface area contributed by atoms with Crippen LogP contribution in [-0.4, -0.2) is 40.3 Å². The van der Waals surface area contributed by atoms with Crippen molar-refractivity contribution in [3.05, 3.63) is 69.6 Å². The summed E-state index contributed by atoms with van der Waals surface area (Å²) in [7, 11) is 0. The lowest BCUT2D eigenvalue weighted by Crippen LogP contribution is -2.35. The van der Waals surface area contributed by atoms with Crippen molar-refractivity contribution < 1.29 is 14.3 Å². The lowest BCUT2D eigenvalue weighted by molar-refractivity contribution is -0.123. The van der Waals surface area contributed by atoms with E-state index in [4.69, 9.17) is 28.6 Å². The molecular formula is C23H19ClN2O3S2. The summed E-state index contributed by atoms with van der Waals surface area (Å²) in [6, 6.07) is 15.0. The average Bonchev–Trinajstić information content (AvgIpc) is 3.45. The molecule has 158 valence electrons. The number of carbonyl (C=O) groups excluding carboxylic acids is 2. The molecule has 2 saturated heterocycles. The van der Waals surface area contributed by atoms with Crippen molar-refractivity contribution in [2.75, 3.05) is 18.1 Å². The fraction of sp³-hybridized carbons (Fsp3) is 0.261. The van der Waals surface area contributed by atoms with Crippen LogP contribution >= 0.6 is 35.6 Å². The second kappa shape index (κ2) is 8.39. The third-order valence-electron chi connectivity index (χ3n) is 5.70. The van der Waals surface area contributed by atoms with Gasteiger partial charge < -0.3 is 9.64 Å². The third-order valence-corrected chi connectivity index (χ3v) is 7.51. The van der Waals surface area contributed by atoms with Gasteiger partial charge in [0.1, 0.15) is 4.32 Å². The molecule has 3 aliphatic heterocycles. The SMILES string of the molecule is O=C1C(=C2C(=O)N(Cc3ccccc3Cl)c3ccccc32)SC(=S)N1CC1CCCO1. The summed E-state index contributed by atoms with van der Waals surface area (Å²) >= 11 is 13.0. The normalized spacial score (nSPS) is 23.3. The number of anilines is 1. The van der Waals surface area contributed by atoms with E-state index in [2.05, 4.69) is 0 Å². The smallest absolute Gasteiger partial charge is 0.267 e. The van der Waals surface area contributed by atoms with Crippen LogP contribution in [0.1, 0.15) is 24.0 Å². The van der Waals surface area contributed by atoms with E-state index in [1.807, 2.05) is 42.5 Å². The summed E-state index contributed by atoms with van der Waals surface area (Å²) in [5, 5.41) is 0.601. The number of ether oxygens (including phenoxy) is 1. The van der Waals surface area contributed by atoms with Gasteiger partial charge >= 0.3 is 0 Å². The molecule has 1 unspecified atom stereocenters. The molecule has 2 amide bonds. The molecule has 0 aromatic heterocycles. The molecule has 3 heterocycles. The Kier molecular flexibility index (Phi) is 5.60. The van der Waals surface area contributed by atoms with E-state index in [1.165, 1.54) is 11.8 Å². The van der Waals surface area contributed by atoms with Gasteiger partial charge in [0, 0.05) is 17.2 Å². The summed E-state index contributed by atoms with van der Waals surface area (Å²) in [5.74, 6) is -0.429. The zero-order valence-electron chi connectivity index (χ0n) is 16.5. The van der Waals surface area contributed by atoms with Crippen LogP contribution < -0.4 is 4.90 Å². The Bertz CT molecular complexity index is 1130. The highest BCUT2D eigenvalue weighted by Gasteiger charge is 2.42. The molecule has 1 atom stereocenters. The average molecular weight is 471 g/mol. The van der Waals surface area contributed by atoms with E-state index in [-0.39, 0.29) is 17.9 Å². The van der Waals surface area contributed by atoms with Crippen molar-refractivity contribution in [3.8, 4) is 0 Å². The standard InChI is InChI=1S/C23H19ClN2O3S2/c24-17-9-3-1-6-14(17)12-25-18-10-4-2-8-16(18)19(21(25)27)20-22(28)26(23(30)31-20)13-15-7-5-11-29-15/h1-4,6,8-10,15H,5,7,11-13H2. The Morgan fingerprint density at radius 3 is 2.61 bits per heavy atom. The monoisotopic (exact) mass is 470 g/mol. The quantitative estimate of drug-likeness (QED) is 0.481. The van der Waals surface area contributed by atoms with Gasteiger partial charge in [0.2, 0.25) is 0 Å². The largest absolute Gasteiger partial charge is 0.376 e. The molecule has 5 nitrogen and oxygen atoms in total. The van der Waals surface area contributed by atoms with Crippen molar-refractivity contribution in [2.24, 2.45) is 0 Å². The molecule has 31 heavy (non-hydrogen) atoms. The van der Waals surface area contributed by atoms with Crippen LogP contribution in [0.15, 0.2) is 53.4 Å². The first kappa shape index (κ1) is 20.7. The Morgan fingerprint density at radius 2 is 1.84 bits per heavy atom. The van der Waals surface area contributed by atoms with Crippen LogP contribution in [0.25, 0.3) is 5.57 Å². The maximum atomic E-state index is 13.5. The number of para-hydroxylation sites is 1. The zero-order valence-corrected chi connectivity index (χ0v) is 18.9. The minimum Gasteiger partial charge on any atom is -0.376 e. The molecule has 0 radical (unpaired) electrons. The van der Waals surface area contributed by atoms with Crippen LogP contribution in [-0.2, 0) is 20.9 Å². The summed E-state index contributed by atoms with van der Waals surface area (Å²) < 4.78 is 6.15. The van der Waals surface area contributed by atoms with Gasteiger partial charge in [-0.05, 0) is 30.5 Å². The highest BCUT2D eigenvalue weighted by atomic mass is 35.5. The van der Waals surface area contributed by atoms with Crippen LogP contribution in [0, 0.1) is 0 Å². The Balaban J connectivity index is 1.51. The topological polar surface area (TPSA) is 49.9 Å². The molecule has 0 aliphatic carbocycles. The predicted octanol–water partition coefficient (Wildman–Crippen LogP) is 4.64. The van der Waals surface area contributed by atoms with Gasteiger partial charge in [0.05, 0.1) is 35.4 Å². The highest BCUT2D eigenvalue weighted by Crippen LogP contribution is 2.45. The van der Waals surface area contributed by atoms with E-state index >= 15 is 0 Å².